The van der Waals surface area contributed by atoms with Gasteiger partial charge in [0.05, 0.1) is 24.4 Å². The number of ether oxygens (including phenoxy) is 1. The molecule has 1 aromatic heterocycles. The maximum atomic E-state index is 11.6. The number of carbonyl (C=O) groups is 1. The molecule has 1 aromatic carbocycles. The zero-order chi connectivity index (χ0) is 23.1. The predicted octanol–water partition coefficient (Wildman–Crippen LogP) is 5.37. The van der Waals surface area contributed by atoms with Gasteiger partial charge in [-0.05, 0) is 75.3 Å². The molecule has 0 amide bonds. The summed E-state index contributed by atoms with van der Waals surface area (Å²) in [6.45, 7) is 3.72. The first-order valence-corrected chi connectivity index (χ1v) is 12.9. The minimum atomic E-state index is -0.538. The van der Waals surface area contributed by atoms with E-state index in [9.17, 15) is 20.1 Å². The summed E-state index contributed by atoms with van der Waals surface area (Å²) in [5.74, 6) is -0.0350. The number of hydrogen-bond acceptors (Lipinski definition) is 6. The van der Waals surface area contributed by atoms with Crippen LogP contribution in [0.3, 0.4) is 0 Å². The molecule has 5 atom stereocenters. The van der Waals surface area contributed by atoms with Gasteiger partial charge < -0.3 is 20.1 Å². The Morgan fingerprint density at radius 1 is 1.06 bits per heavy atom. The van der Waals surface area contributed by atoms with Crippen molar-refractivity contribution in [3.63, 3.8) is 0 Å². The Morgan fingerprint density at radius 3 is 2.47 bits per heavy atom. The van der Waals surface area contributed by atoms with E-state index < -0.39 is 18.3 Å². The Hall–Kier alpha value is -1.47. The molecular weight excluding hydrogens is 424 g/mol. The van der Waals surface area contributed by atoms with Crippen LogP contribution >= 0.6 is 11.3 Å². The number of aliphatic hydroxyl groups excluding tert-OH is 3. The SMILES string of the molecule is CC(C)OC(=O)CCCCCC[C@@H]1C(CC[C@@H](O)c2cc3ccccc3s2)[C@H](O)C[C@@H]1O. The van der Waals surface area contributed by atoms with E-state index in [0.29, 0.717) is 25.7 Å². The molecule has 2 aromatic rings. The smallest absolute Gasteiger partial charge is 0.306 e. The molecule has 32 heavy (non-hydrogen) atoms. The van der Waals surface area contributed by atoms with Gasteiger partial charge in [-0.15, -0.1) is 11.3 Å². The van der Waals surface area contributed by atoms with E-state index in [0.717, 1.165) is 42.4 Å². The number of benzene rings is 1. The highest BCUT2D eigenvalue weighted by Gasteiger charge is 2.40. The molecule has 6 heteroatoms. The van der Waals surface area contributed by atoms with Crippen molar-refractivity contribution < 1.29 is 24.9 Å². The Bertz CT molecular complexity index is 815. The third-order valence-electron chi connectivity index (χ3n) is 6.60. The van der Waals surface area contributed by atoms with Crippen molar-refractivity contribution in [2.24, 2.45) is 11.8 Å². The van der Waals surface area contributed by atoms with Gasteiger partial charge >= 0.3 is 5.97 Å². The number of hydrogen-bond donors (Lipinski definition) is 3. The van der Waals surface area contributed by atoms with E-state index in [1.165, 1.54) is 4.70 Å². The van der Waals surface area contributed by atoms with Gasteiger partial charge in [0.1, 0.15) is 0 Å². The monoisotopic (exact) mass is 462 g/mol. The van der Waals surface area contributed by atoms with Crippen LogP contribution in [0.4, 0.5) is 0 Å². The Morgan fingerprint density at radius 2 is 1.75 bits per heavy atom. The van der Waals surface area contributed by atoms with Crippen molar-refractivity contribution in [3.05, 3.63) is 35.2 Å². The van der Waals surface area contributed by atoms with Crippen LogP contribution in [-0.4, -0.2) is 39.6 Å². The van der Waals surface area contributed by atoms with Gasteiger partial charge in [-0.3, -0.25) is 4.79 Å². The van der Waals surface area contributed by atoms with Crippen molar-refractivity contribution >= 4 is 27.4 Å². The lowest BCUT2D eigenvalue weighted by atomic mass is 9.84. The van der Waals surface area contributed by atoms with Crippen LogP contribution in [-0.2, 0) is 9.53 Å². The number of fused-ring (bicyclic) bond motifs is 1. The number of thiophene rings is 1. The topological polar surface area (TPSA) is 87.0 Å². The fraction of sp³-hybridized carbons (Fsp3) is 0.654. The van der Waals surface area contributed by atoms with Crippen molar-refractivity contribution in [1.29, 1.82) is 0 Å². The minimum absolute atomic E-state index is 0.0232. The van der Waals surface area contributed by atoms with E-state index in [2.05, 4.69) is 18.2 Å². The summed E-state index contributed by atoms with van der Waals surface area (Å²) in [5, 5.41) is 32.9. The van der Waals surface area contributed by atoms with Crippen molar-refractivity contribution in [2.75, 3.05) is 0 Å². The molecule has 1 heterocycles. The lowest BCUT2D eigenvalue weighted by molar-refractivity contribution is -0.147. The largest absolute Gasteiger partial charge is 0.463 e. The molecule has 0 saturated heterocycles. The van der Waals surface area contributed by atoms with E-state index in [-0.39, 0.29) is 23.9 Å². The number of unbranched alkanes of at least 4 members (excludes halogenated alkanes) is 3. The van der Waals surface area contributed by atoms with Crippen LogP contribution in [0.2, 0.25) is 0 Å². The second-order valence-electron chi connectivity index (χ2n) is 9.47. The fourth-order valence-electron chi connectivity index (χ4n) is 4.96. The predicted molar refractivity (Wildman–Crippen MR) is 129 cm³/mol. The Balaban J connectivity index is 1.42. The van der Waals surface area contributed by atoms with Crippen LogP contribution in [0.5, 0.6) is 0 Å². The second kappa shape index (κ2) is 12.1. The molecular formula is C26H38O5S. The standard InChI is InChI=1S/C26H38O5S/c1-17(2)31-26(30)12-6-4-3-5-10-19-20(23(29)16-22(19)28)13-14-21(27)25-15-18-9-7-8-11-24(18)32-25/h7-9,11,15,17,19-23,27-29H,3-6,10,12-14,16H2,1-2H3/t19-,20?,21-,22+,23-/m1/s1. The van der Waals surface area contributed by atoms with Crippen molar-refractivity contribution in [1.82, 2.24) is 0 Å². The lowest BCUT2D eigenvalue weighted by Crippen LogP contribution is -2.23. The molecule has 3 rings (SSSR count). The van der Waals surface area contributed by atoms with Crippen molar-refractivity contribution in [3.8, 4) is 0 Å². The third kappa shape index (κ3) is 7.01. The van der Waals surface area contributed by atoms with Crippen LogP contribution in [0.1, 0.15) is 82.6 Å². The Labute approximate surface area is 195 Å². The van der Waals surface area contributed by atoms with E-state index >= 15 is 0 Å². The highest BCUT2D eigenvalue weighted by atomic mass is 32.1. The number of rotatable bonds is 12. The summed E-state index contributed by atoms with van der Waals surface area (Å²) in [6.07, 6.45) is 5.25. The Kier molecular flexibility index (Phi) is 9.53. The van der Waals surface area contributed by atoms with Gasteiger partial charge in [-0.1, -0.05) is 37.5 Å². The number of carbonyl (C=O) groups excluding carboxylic acids is 1. The van der Waals surface area contributed by atoms with Crippen LogP contribution in [0.15, 0.2) is 30.3 Å². The summed E-state index contributed by atoms with van der Waals surface area (Å²) < 4.78 is 6.33. The quantitative estimate of drug-likeness (QED) is 0.292. The van der Waals surface area contributed by atoms with Gasteiger partial charge in [0.25, 0.3) is 0 Å². The average Bonchev–Trinajstić information content (AvgIpc) is 3.29. The highest BCUT2D eigenvalue weighted by molar-refractivity contribution is 7.19. The molecule has 0 spiro atoms. The van der Waals surface area contributed by atoms with Crippen LogP contribution in [0.25, 0.3) is 10.1 Å². The highest BCUT2D eigenvalue weighted by Crippen LogP contribution is 2.41. The molecule has 1 unspecified atom stereocenters. The van der Waals surface area contributed by atoms with Gasteiger partial charge in [-0.2, -0.15) is 0 Å². The van der Waals surface area contributed by atoms with Gasteiger partial charge in [0, 0.05) is 16.0 Å². The summed E-state index contributed by atoms with van der Waals surface area (Å²) in [7, 11) is 0. The van der Waals surface area contributed by atoms with Crippen LogP contribution in [0, 0.1) is 11.8 Å². The zero-order valence-electron chi connectivity index (χ0n) is 19.3. The first-order valence-electron chi connectivity index (χ1n) is 12.1. The fourth-order valence-corrected chi connectivity index (χ4v) is 6.05. The number of aliphatic hydroxyl groups is 3. The molecule has 1 aliphatic carbocycles. The molecule has 178 valence electrons. The van der Waals surface area contributed by atoms with Gasteiger partial charge in [0.15, 0.2) is 0 Å². The maximum Gasteiger partial charge on any atom is 0.306 e. The molecule has 0 bridgehead atoms. The zero-order valence-corrected chi connectivity index (χ0v) is 20.1. The van der Waals surface area contributed by atoms with Gasteiger partial charge in [0.2, 0.25) is 0 Å². The van der Waals surface area contributed by atoms with E-state index in [4.69, 9.17) is 4.74 Å². The average molecular weight is 463 g/mol. The first kappa shape index (κ1) is 25.2. The summed E-state index contributed by atoms with van der Waals surface area (Å²) >= 11 is 1.62. The normalized spacial score (nSPS) is 24.3. The summed E-state index contributed by atoms with van der Waals surface area (Å²) in [6, 6.07) is 10.2. The number of esters is 1. The van der Waals surface area contributed by atoms with E-state index in [1.54, 1.807) is 11.3 Å². The molecule has 1 saturated carbocycles. The first-order chi connectivity index (χ1) is 15.3. The van der Waals surface area contributed by atoms with Gasteiger partial charge in [-0.25, -0.2) is 0 Å². The molecule has 0 aliphatic heterocycles. The summed E-state index contributed by atoms with van der Waals surface area (Å²) in [5.41, 5.74) is 0. The molecule has 3 N–H and O–H groups in total. The molecule has 0 radical (unpaired) electrons. The maximum absolute atomic E-state index is 11.6. The second-order valence-corrected chi connectivity index (χ2v) is 10.6. The molecule has 1 fully saturated rings. The minimum Gasteiger partial charge on any atom is -0.463 e. The molecule has 5 nitrogen and oxygen atoms in total. The van der Waals surface area contributed by atoms with E-state index in [1.807, 2.05) is 26.0 Å². The molecule has 1 aliphatic rings. The lowest BCUT2D eigenvalue weighted by Gasteiger charge is -2.24. The third-order valence-corrected chi connectivity index (χ3v) is 7.82. The van der Waals surface area contributed by atoms with Crippen LogP contribution < -0.4 is 0 Å². The summed E-state index contributed by atoms with van der Waals surface area (Å²) in [4.78, 5) is 12.6. The van der Waals surface area contributed by atoms with Crippen molar-refractivity contribution in [2.45, 2.75) is 96.1 Å².